The van der Waals surface area contributed by atoms with Gasteiger partial charge in [-0.25, -0.2) is 4.79 Å². The molecule has 6 bridgehead atoms. The molecule has 0 fully saturated rings. The monoisotopic (exact) mass is 769 g/mol. The van der Waals surface area contributed by atoms with E-state index in [1.165, 1.54) is 16.7 Å². The van der Waals surface area contributed by atoms with Crippen LogP contribution >= 0.6 is 0 Å². The predicted molar refractivity (Wildman–Crippen MR) is 221 cm³/mol. The molecule has 4 aliphatic heterocycles. The second kappa shape index (κ2) is 16.0. The highest BCUT2D eigenvalue weighted by molar-refractivity contribution is 5.90. The maximum atomic E-state index is 13.5. The number of carbonyl (C=O) groups excluding carboxylic acids is 1. The van der Waals surface area contributed by atoms with Crippen LogP contribution in [-0.2, 0) is 37.0 Å². The number of likely N-dealkylation sites (N-methyl/N-ethyl adjacent to an activating group) is 2. The van der Waals surface area contributed by atoms with Crippen LogP contribution in [0.4, 0.5) is 5.69 Å². The molecule has 296 valence electrons. The van der Waals surface area contributed by atoms with Gasteiger partial charge in [-0.3, -0.25) is 9.80 Å². The molecular formula is C47H51N3O7. The molecule has 0 unspecified atom stereocenters. The lowest BCUT2D eigenvalue weighted by atomic mass is 9.84. The Morgan fingerprint density at radius 3 is 2.14 bits per heavy atom. The summed E-state index contributed by atoms with van der Waals surface area (Å²) in [5.74, 6) is 3.89. The molecule has 57 heavy (non-hydrogen) atoms. The van der Waals surface area contributed by atoms with Gasteiger partial charge >= 0.3 is 5.97 Å². The summed E-state index contributed by atoms with van der Waals surface area (Å²) in [5.41, 5.74) is 9.08. The first-order valence-corrected chi connectivity index (χ1v) is 19.5. The lowest BCUT2D eigenvalue weighted by molar-refractivity contribution is 0.0467. The smallest absolute Gasteiger partial charge is 0.338 e. The maximum absolute atomic E-state index is 13.5. The van der Waals surface area contributed by atoms with E-state index in [2.05, 4.69) is 66.4 Å². The average molecular weight is 770 g/mol. The molecule has 5 aromatic carbocycles. The van der Waals surface area contributed by atoms with Crippen LogP contribution in [0.25, 0.3) is 0 Å². The second-order valence-electron chi connectivity index (χ2n) is 15.4. The Morgan fingerprint density at radius 2 is 1.42 bits per heavy atom. The number of fused-ring (bicyclic) bond motifs is 2. The van der Waals surface area contributed by atoms with Gasteiger partial charge in [0.15, 0.2) is 23.0 Å². The van der Waals surface area contributed by atoms with Crippen molar-refractivity contribution in [3.8, 4) is 40.2 Å². The average Bonchev–Trinajstić information content (AvgIpc) is 3.22. The Hall–Kier alpha value is -5.71. The standard InChI is InChI=1S/C47H51N3O7/c1-48(2)33-14-11-32(12-15-33)47(51)55-28-38-36-21-23-50(4)40-25-30-10-19-41(52-5)42(26-30)56-34-16-8-29(9-17-34)24-39-37-27-35(18-13-31(37)20-22-49(39)3)57-45(43(36)40)46(54-7)44(38)53-6/h8-19,26-27,39-40H,20-25,28H2,1-7H3/t39-,40-/m0/s1. The summed E-state index contributed by atoms with van der Waals surface area (Å²) >= 11 is 0. The van der Waals surface area contributed by atoms with Crippen LogP contribution in [0.1, 0.15) is 61.4 Å². The van der Waals surface area contributed by atoms with Gasteiger partial charge in [0.05, 0.1) is 26.9 Å². The van der Waals surface area contributed by atoms with Crippen molar-refractivity contribution in [3.05, 3.63) is 129 Å². The van der Waals surface area contributed by atoms with Gasteiger partial charge in [0.1, 0.15) is 18.1 Å². The van der Waals surface area contributed by atoms with Gasteiger partial charge in [-0.2, -0.15) is 0 Å². The first kappa shape index (κ1) is 38.2. The van der Waals surface area contributed by atoms with Crippen molar-refractivity contribution in [1.82, 2.24) is 9.80 Å². The Balaban J connectivity index is 1.29. The van der Waals surface area contributed by atoms with Crippen LogP contribution in [0.2, 0.25) is 0 Å². The number of anilines is 1. The number of carbonyl (C=O) groups is 1. The lowest BCUT2D eigenvalue weighted by Gasteiger charge is -2.38. The minimum atomic E-state index is -0.415. The molecular weight excluding hydrogens is 719 g/mol. The minimum absolute atomic E-state index is 0.00128. The molecule has 0 radical (unpaired) electrons. The number of methoxy groups -OCH3 is 3. The molecule has 5 aromatic rings. The number of ether oxygens (including phenoxy) is 6. The van der Waals surface area contributed by atoms with Crippen molar-refractivity contribution in [3.63, 3.8) is 0 Å². The summed E-state index contributed by atoms with van der Waals surface area (Å²) in [6.45, 7) is 1.73. The van der Waals surface area contributed by atoms with E-state index in [-0.39, 0.29) is 18.7 Å². The molecule has 0 N–H and O–H groups in total. The third kappa shape index (κ3) is 7.47. The molecule has 0 spiro atoms. The third-order valence-electron chi connectivity index (χ3n) is 11.8. The largest absolute Gasteiger partial charge is 0.493 e. The van der Waals surface area contributed by atoms with Gasteiger partial charge < -0.3 is 33.3 Å². The Bertz CT molecular complexity index is 2270. The number of benzene rings is 5. The van der Waals surface area contributed by atoms with Crippen molar-refractivity contribution < 1.29 is 33.2 Å². The van der Waals surface area contributed by atoms with Crippen molar-refractivity contribution in [2.24, 2.45) is 0 Å². The fraction of sp³-hybridized carbons (Fsp3) is 0.340. The zero-order valence-corrected chi connectivity index (χ0v) is 33.9. The first-order valence-electron chi connectivity index (χ1n) is 19.5. The fourth-order valence-electron chi connectivity index (χ4n) is 8.57. The first-order chi connectivity index (χ1) is 27.6. The topological polar surface area (TPSA) is 82.2 Å². The Kier molecular flexibility index (Phi) is 10.7. The molecule has 9 rings (SSSR count). The van der Waals surface area contributed by atoms with E-state index < -0.39 is 5.97 Å². The van der Waals surface area contributed by atoms with E-state index in [1.807, 2.05) is 49.3 Å². The molecule has 0 saturated heterocycles. The maximum Gasteiger partial charge on any atom is 0.338 e. The van der Waals surface area contributed by atoms with E-state index in [0.717, 1.165) is 65.4 Å². The van der Waals surface area contributed by atoms with Crippen LogP contribution in [0.3, 0.4) is 0 Å². The zero-order valence-electron chi connectivity index (χ0n) is 33.9. The molecule has 4 heterocycles. The van der Waals surface area contributed by atoms with Gasteiger partial charge in [-0.1, -0.05) is 24.3 Å². The molecule has 10 nitrogen and oxygen atoms in total. The minimum Gasteiger partial charge on any atom is -0.493 e. The number of hydrogen-bond donors (Lipinski definition) is 0. The highest BCUT2D eigenvalue weighted by Gasteiger charge is 2.37. The van der Waals surface area contributed by atoms with Crippen molar-refractivity contribution >= 4 is 11.7 Å². The highest BCUT2D eigenvalue weighted by Crippen LogP contribution is 2.53. The van der Waals surface area contributed by atoms with Crippen LogP contribution in [0.15, 0.2) is 84.9 Å². The molecule has 4 aliphatic rings. The van der Waals surface area contributed by atoms with Crippen molar-refractivity contribution in [1.29, 1.82) is 0 Å². The van der Waals surface area contributed by atoms with Gasteiger partial charge in [-0.15, -0.1) is 0 Å². The van der Waals surface area contributed by atoms with Gasteiger partial charge in [0, 0.05) is 56.1 Å². The molecule has 0 aliphatic carbocycles. The van der Waals surface area contributed by atoms with Gasteiger partial charge in [0.2, 0.25) is 5.75 Å². The number of esters is 1. The summed E-state index contributed by atoms with van der Waals surface area (Å²) < 4.78 is 37.9. The molecule has 10 heteroatoms. The lowest BCUT2D eigenvalue weighted by Crippen LogP contribution is -2.35. The van der Waals surface area contributed by atoms with Crippen molar-refractivity contribution in [2.75, 3.05) is 67.5 Å². The van der Waals surface area contributed by atoms with E-state index in [0.29, 0.717) is 47.2 Å². The van der Waals surface area contributed by atoms with Gasteiger partial charge in [-0.05, 0) is 128 Å². The van der Waals surface area contributed by atoms with Crippen LogP contribution in [-0.4, -0.2) is 78.4 Å². The van der Waals surface area contributed by atoms with E-state index in [1.54, 1.807) is 33.5 Å². The summed E-state index contributed by atoms with van der Waals surface area (Å²) in [6, 6.07) is 28.4. The number of rotatable bonds is 7. The van der Waals surface area contributed by atoms with E-state index in [9.17, 15) is 4.79 Å². The van der Waals surface area contributed by atoms with E-state index in [4.69, 9.17) is 28.4 Å². The SMILES string of the molecule is COc1ccc2cc1Oc1ccc(cc1)C[C@H]1c3cc(ccc3CCN1C)Oc1c(OC)c(OC)c(COC(=O)c3ccc(N(C)C)cc3)c3c1[C@H](C2)N(C)CC3. The Morgan fingerprint density at radius 1 is 0.737 bits per heavy atom. The summed E-state index contributed by atoms with van der Waals surface area (Å²) in [6.07, 6.45) is 3.11. The summed E-state index contributed by atoms with van der Waals surface area (Å²) in [4.78, 5) is 20.3. The second-order valence-corrected chi connectivity index (χ2v) is 15.4. The zero-order chi connectivity index (χ0) is 39.8. The highest BCUT2D eigenvalue weighted by atomic mass is 16.5. The quantitative estimate of drug-likeness (QED) is 0.150. The summed E-state index contributed by atoms with van der Waals surface area (Å²) in [7, 11) is 13.2. The van der Waals surface area contributed by atoms with Crippen LogP contribution in [0.5, 0.6) is 40.2 Å². The molecule has 0 amide bonds. The van der Waals surface area contributed by atoms with Crippen LogP contribution in [0, 0.1) is 0 Å². The Labute approximate surface area is 335 Å². The molecule has 2 atom stereocenters. The van der Waals surface area contributed by atoms with Crippen molar-refractivity contribution in [2.45, 2.75) is 44.4 Å². The van der Waals surface area contributed by atoms with Gasteiger partial charge in [0.25, 0.3) is 0 Å². The normalized spacial score (nSPS) is 17.6. The van der Waals surface area contributed by atoms with E-state index >= 15 is 0 Å². The number of nitrogens with zero attached hydrogens (tertiary/aromatic N) is 3. The predicted octanol–water partition coefficient (Wildman–Crippen LogP) is 8.58. The molecule has 0 saturated carbocycles. The van der Waals surface area contributed by atoms with Crippen LogP contribution < -0.4 is 28.6 Å². The number of hydrogen-bond acceptors (Lipinski definition) is 10. The fourth-order valence-corrected chi connectivity index (χ4v) is 8.57. The molecule has 0 aromatic heterocycles. The third-order valence-corrected chi connectivity index (χ3v) is 11.8. The summed E-state index contributed by atoms with van der Waals surface area (Å²) in [5, 5.41) is 0.